The van der Waals surface area contributed by atoms with Gasteiger partial charge in [-0.15, -0.1) is 0 Å². The average Bonchev–Trinajstić information content (AvgIpc) is 2.88. The van der Waals surface area contributed by atoms with Crippen LogP contribution in [0.5, 0.6) is 11.5 Å². The number of ether oxygens (including phenoxy) is 1. The van der Waals surface area contributed by atoms with Gasteiger partial charge in [-0.25, -0.2) is 4.79 Å². The molecule has 1 aromatic heterocycles. The van der Waals surface area contributed by atoms with Gasteiger partial charge in [0.1, 0.15) is 6.61 Å². The van der Waals surface area contributed by atoms with Crippen LogP contribution >= 0.6 is 11.3 Å². The number of hydrogen-bond acceptors (Lipinski definition) is 5. The minimum Gasteiger partial charge on any atom is -0.485 e. The first kappa shape index (κ1) is 12.4. The molecule has 4 nitrogen and oxygen atoms in total. The summed E-state index contributed by atoms with van der Waals surface area (Å²) >= 11 is 1.61. The number of carbonyl (C=O) groups excluding carboxylic acids is 1. The lowest BCUT2D eigenvalue weighted by molar-refractivity contribution is -0.211. The molecule has 5 heteroatoms. The normalized spacial score (nSPS) is 9.83. The second kappa shape index (κ2) is 6.07. The Hall–Kier alpha value is -2.01. The van der Waals surface area contributed by atoms with E-state index in [4.69, 9.17) is 9.62 Å². The molecule has 0 N–H and O–H groups in total. The lowest BCUT2D eigenvalue weighted by atomic mass is 10.3. The Morgan fingerprint density at radius 1 is 1.22 bits per heavy atom. The van der Waals surface area contributed by atoms with Gasteiger partial charge in [0.25, 0.3) is 0 Å². The van der Waals surface area contributed by atoms with Crippen LogP contribution in [0.25, 0.3) is 0 Å². The molecule has 0 saturated heterocycles. The number of benzene rings is 1. The van der Waals surface area contributed by atoms with Crippen molar-refractivity contribution in [2.24, 2.45) is 0 Å². The van der Waals surface area contributed by atoms with E-state index in [2.05, 4.69) is 4.89 Å². The summed E-state index contributed by atoms with van der Waals surface area (Å²) in [5.41, 5.74) is 1.09. The minimum atomic E-state index is -0.511. The molecule has 94 valence electrons. The molecule has 0 unspecified atom stereocenters. The maximum absolute atomic E-state index is 10.7. The number of para-hydroxylation sites is 2. The van der Waals surface area contributed by atoms with Crippen molar-refractivity contribution in [2.45, 2.75) is 13.5 Å². The number of hydrogen-bond donors (Lipinski definition) is 0. The smallest absolute Gasteiger partial charge is 0.352 e. The number of rotatable bonds is 5. The molecule has 0 fully saturated rings. The molecule has 1 heterocycles. The van der Waals surface area contributed by atoms with E-state index in [1.165, 1.54) is 6.92 Å². The van der Waals surface area contributed by atoms with Crippen molar-refractivity contribution >= 4 is 17.3 Å². The summed E-state index contributed by atoms with van der Waals surface area (Å²) in [5.74, 6) is 0.399. The average molecular weight is 264 g/mol. The zero-order chi connectivity index (χ0) is 12.8. The van der Waals surface area contributed by atoms with Crippen LogP contribution in [-0.4, -0.2) is 5.97 Å². The predicted molar refractivity (Wildman–Crippen MR) is 67.5 cm³/mol. The van der Waals surface area contributed by atoms with E-state index in [0.717, 1.165) is 5.56 Å². The van der Waals surface area contributed by atoms with Gasteiger partial charge in [-0.3, -0.25) is 9.78 Å². The molecule has 0 bridgehead atoms. The first-order valence-corrected chi connectivity index (χ1v) is 6.28. The Morgan fingerprint density at radius 2 is 2.00 bits per heavy atom. The first-order chi connectivity index (χ1) is 8.75. The standard InChI is InChI=1S/C13H12O4S/c1-10(14)16-17-13-5-3-2-4-12(13)15-8-11-6-7-18-9-11/h2-7,9H,8H2,1H3. The lowest BCUT2D eigenvalue weighted by Gasteiger charge is -2.09. The molecule has 0 atom stereocenters. The monoisotopic (exact) mass is 264 g/mol. The van der Waals surface area contributed by atoms with Gasteiger partial charge in [0.2, 0.25) is 5.75 Å². The summed E-state index contributed by atoms with van der Waals surface area (Å²) in [5, 5.41) is 4.00. The molecule has 0 amide bonds. The quantitative estimate of drug-likeness (QED) is 0.614. The minimum absolute atomic E-state index is 0.378. The van der Waals surface area contributed by atoms with Crippen molar-refractivity contribution in [3.63, 3.8) is 0 Å². The van der Waals surface area contributed by atoms with Crippen LogP contribution in [0, 0.1) is 0 Å². The van der Waals surface area contributed by atoms with Gasteiger partial charge in [-0.05, 0) is 34.5 Å². The zero-order valence-electron chi connectivity index (χ0n) is 9.79. The van der Waals surface area contributed by atoms with Gasteiger partial charge >= 0.3 is 5.97 Å². The summed E-state index contributed by atoms with van der Waals surface area (Å²) < 4.78 is 5.60. The van der Waals surface area contributed by atoms with Crippen LogP contribution < -0.4 is 9.62 Å². The van der Waals surface area contributed by atoms with E-state index in [-0.39, 0.29) is 0 Å². The second-order valence-corrected chi connectivity index (χ2v) is 4.31. The second-order valence-electron chi connectivity index (χ2n) is 3.53. The molecule has 0 saturated carbocycles. The summed E-state index contributed by atoms with van der Waals surface area (Å²) in [7, 11) is 0. The Morgan fingerprint density at radius 3 is 2.67 bits per heavy atom. The maximum Gasteiger partial charge on any atom is 0.352 e. The highest BCUT2D eigenvalue weighted by Crippen LogP contribution is 2.27. The first-order valence-electron chi connectivity index (χ1n) is 5.33. The van der Waals surface area contributed by atoms with Crippen molar-refractivity contribution in [3.8, 4) is 11.5 Å². The highest BCUT2D eigenvalue weighted by atomic mass is 32.1. The zero-order valence-corrected chi connectivity index (χ0v) is 10.6. The molecule has 0 spiro atoms. The van der Waals surface area contributed by atoms with Crippen molar-refractivity contribution in [2.75, 3.05) is 0 Å². The largest absolute Gasteiger partial charge is 0.485 e. The fraction of sp³-hybridized carbons (Fsp3) is 0.154. The van der Waals surface area contributed by atoms with Gasteiger partial charge in [0.15, 0.2) is 5.75 Å². The number of carbonyl (C=O) groups is 1. The van der Waals surface area contributed by atoms with Crippen molar-refractivity contribution in [1.82, 2.24) is 0 Å². The summed E-state index contributed by atoms with van der Waals surface area (Å²) in [6.07, 6.45) is 0. The fourth-order valence-corrected chi connectivity index (χ4v) is 1.93. The van der Waals surface area contributed by atoms with Crippen molar-refractivity contribution in [3.05, 3.63) is 46.7 Å². The molecule has 0 aliphatic rings. The summed E-state index contributed by atoms with van der Waals surface area (Å²) in [6.45, 7) is 1.72. The van der Waals surface area contributed by atoms with Crippen LogP contribution in [0.2, 0.25) is 0 Å². The van der Waals surface area contributed by atoms with Gasteiger partial charge in [-0.2, -0.15) is 11.3 Å². The van der Waals surface area contributed by atoms with E-state index in [0.29, 0.717) is 18.1 Å². The SMILES string of the molecule is CC(=O)OOc1ccccc1OCc1ccsc1. The third-order valence-electron chi connectivity index (χ3n) is 2.07. The van der Waals surface area contributed by atoms with Gasteiger partial charge in [0.05, 0.1) is 0 Å². The van der Waals surface area contributed by atoms with Gasteiger partial charge in [0, 0.05) is 6.92 Å². The molecule has 2 rings (SSSR count). The van der Waals surface area contributed by atoms with Crippen LogP contribution in [0.3, 0.4) is 0 Å². The van der Waals surface area contributed by atoms with E-state index in [9.17, 15) is 4.79 Å². The third-order valence-corrected chi connectivity index (χ3v) is 2.80. The maximum atomic E-state index is 10.7. The van der Waals surface area contributed by atoms with Gasteiger partial charge in [-0.1, -0.05) is 12.1 Å². The Labute approximate surface area is 109 Å². The topological polar surface area (TPSA) is 44.8 Å². The Bertz CT molecular complexity index is 507. The summed E-state index contributed by atoms with van der Waals surface area (Å²) in [4.78, 5) is 20.1. The Balaban J connectivity index is 2.00. The molecular weight excluding hydrogens is 252 g/mol. The van der Waals surface area contributed by atoms with Crippen molar-refractivity contribution in [1.29, 1.82) is 0 Å². The molecule has 2 aromatic rings. The van der Waals surface area contributed by atoms with Crippen LogP contribution in [0.4, 0.5) is 0 Å². The Kier molecular flexibility index (Phi) is 4.20. The van der Waals surface area contributed by atoms with Crippen LogP contribution in [0.15, 0.2) is 41.1 Å². The van der Waals surface area contributed by atoms with Gasteiger partial charge < -0.3 is 4.74 Å². The van der Waals surface area contributed by atoms with E-state index in [1.807, 2.05) is 22.9 Å². The molecule has 0 aliphatic carbocycles. The molecule has 0 aliphatic heterocycles. The van der Waals surface area contributed by atoms with E-state index < -0.39 is 5.97 Å². The lowest BCUT2D eigenvalue weighted by Crippen LogP contribution is -2.04. The molecule has 1 aromatic carbocycles. The van der Waals surface area contributed by atoms with E-state index in [1.54, 1.807) is 29.5 Å². The molecule has 18 heavy (non-hydrogen) atoms. The summed E-state index contributed by atoms with van der Waals surface area (Å²) in [6, 6.07) is 9.01. The number of thiophene rings is 1. The molecule has 0 radical (unpaired) electrons. The van der Waals surface area contributed by atoms with Crippen LogP contribution in [-0.2, 0) is 16.3 Å². The third kappa shape index (κ3) is 3.49. The molecular formula is C13H12O4S. The van der Waals surface area contributed by atoms with Crippen LogP contribution in [0.1, 0.15) is 12.5 Å². The van der Waals surface area contributed by atoms with E-state index >= 15 is 0 Å². The van der Waals surface area contributed by atoms with Crippen molar-refractivity contribution < 1.29 is 19.3 Å². The highest BCUT2D eigenvalue weighted by molar-refractivity contribution is 7.07. The predicted octanol–water partition coefficient (Wildman–Crippen LogP) is 3.18. The fourth-order valence-electron chi connectivity index (χ4n) is 1.28. The highest BCUT2D eigenvalue weighted by Gasteiger charge is 2.07.